The van der Waals surface area contributed by atoms with Crippen LogP contribution < -0.4 is 0 Å². The van der Waals surface area contributed by atoms with Crippen molar-refractivity contribution < 1.29 is 9.53 Å². The van der Waals surface area contributed by atoms with Crippen LogP contribution in [0.15, 0.2) is 48.2 Å². The van der Waals surface area contributed by atoms with Gasteiger partial charge in [0.15, 0.2) is 5.78 Å². The van der Waals surface area contributed by atoms with Gasteiger partial charge in [0.1, 0.15) is 0 Å². The minimum absolute atomic E-state index is 0.0723. The Hall–Kier alpha value is -1.83. The first-order valence-electron chi connectivity index (χ1n) is 4.85. The highest BCUT2D eigenvalue weighted by atomic mass is 16.5. The van der Waals surface area contributed by atoms with Gasteiger partial charge in [0.05, 0.1) is 13.4 Å². The lowest BCUT2D eigenvalue weighted by molar-refractivity contribution is -0.110. The first-order chi connectivity index (χ1) is 7.33. The maximum Gasteiger partial charge on any atom is 0.192 e. The van der Waals surface area contributed by atoms with Gasteiger partial charge >= 0.3 is 0 Å². The Morgan fingerprint density at radius 1 is 1.27 bits per heavy atom. The number of rotatable bonds is 2. The molecular weight excluding hydrogens is 188 g/mol. The molecule has 0 bridgehead atoms. The van der Waals surface area contributed by atoms with Gasteiger partial charge in [0, 0.05) is 11.1 Å². The van der Waals surface area contributed by atoms with Crippen molar-refractivity contribution in [3.8, 4) is 0 Å². The number of methoxy groups -OCH3 is 1. The standard InChI is InChI=1S/C13H12O2/c1-15-9-11-7-8-12(13(11)14)10-5-3-2-4-6-10/h2-6,8-9H,7H2,1H3/b11-9-. The number of hydrogen-bond donors (Lipinski definition) is 0. The molecule has 2 nitrogen and oxygen atoms in total. The number of Topliss-reactive ketones (excluding diaryl/α,β-unsaturated/α-hetero) is 1. The zero-order valence-corrected chi connectivity index (χ0v) is 8.57. The van der Waals surface area contributed by atoms with E-state index in [9.17, 15) is 4.79 Å². The molecule has 1 aromatic carbocycles. The Labute approximate surface area is 88.9 Å². The Morgan fingerprint density at radius 3 is 2.67 bits per heavy atom. The highest BCUT2D eigenvalue weighted by molar-refractivity contribution is 6.31. The van der Waals surface area contributed by atoms with E-state index in [1.807, 2.05) is 36.4 Å². The van der Waals surface area contributed by atoms with Crippen molar-refractivity contribution in [2.75, 3.05) is 7.11 Å². The third-order valence-corrected chi connectivity index (χ3v) is 2.41. The van der Waals surface area contributed by atoms with E-state index >= 15 is 0 Å². The molecule has 0 fully saturated rings. The van der Waals surface area contributed by atoms with Crippen LogP contribution in [0.4, 0.5) is 0 Å². The minimum Gasteiger partial charge on any atom is -0.504 e. The number of carbonyl (C=O) groups excluding carboxylic acids is 1. The van der Waals surface area contributed by atoms with Crippen molar-refractivity contribution in [3.63, 3.8) is 0 Å². The number of hydrogen-bond acceptors (Lipinski definition) is 2. The molecule has 0 N–H and O–H groups in total. The van der Waals surface area contributed by atoms with Crippen LogP contribution in [0, 0.1) is 0 Å². The first-order valence-corrected chi connectivity index (χ1v) is 4.85. The lowest BCUT2D eigenvalue weighted by Crippen LogP contribution is -1.99. The lowest BCUT2D eigenvalue weighted by atomic mass is 10.0. The van der Waals surface area contributed by atoms with Crippen LogP contribution in [-0.4, -0.2) is 12.9 Å². The lowest BCUT2D eigenvalue weighted by Gasteiger charge is -2.00. The third kappa shape index (κ3) is 1.84. The van der Waals surface area contributed by atoms with Crippen LogP contribution in [0.1, 0.15) is 12.0 Å². The summed E-state index contributed by atoms with van der Waals surface area (Å²) in [5.41, 5.74) is 2.47. The van der Waals surface area contributed by atoms with Crippen molar-refractivity contribution in [2.45, 2.75) is 6.42 Å². The van der Waals surface area contributed by atoms with Crippen molar-refractivity contribution >= 4 is 11.4 Å². The number of ether oxygens (including phenoxy) is 1. The van der Waals surface area contributed by atoms with Crippen LogP contribution in [0.25, 0.3) is 5.57 Å². The van der Waals surface area contributed by atoms with Crippen molar-refractivity contribution in [1.82, 2.24) is 0 Å². The van der Waals surface area contributed by atoms with E-state index in [2.05, 4.69) is 0 Å². The average Bonchev–Trinajstić information content (AvgIpc) is 2.63. The van der Waals surface area contributed by atoms with E-state index in [0.717, 1.165) is 16.7 Å². The molecule has 2 rings (SSSR count). The summed E-state index contributed by atoms with van der Waals surface area (Å²) in [5, 5.41) is 0. The molecular formula is C13H12O2. The summed E-state index contributed by atoms with van der Waals surface area (Å²) in [6.45, 7) is 0. The van der Waals surface area contributed by atoms with E-state index in [1.54, 1.807) is 7.11 Å². The van der Waals surface area contributed by atoms with Crippen molar-refractivity contribution in [2.24, 2.45) is 0 Å². The van der Waals surface area contributed by atoms with Gasteiger partial charge in [-0.3, -0.25) is 4.79 Å². The van der Waals surface area contributed by atoms with Gasteiger partial charge in [-0.15, -0.1) is 0 Å². The second kappa shape index (κ2) is 4.13. The quantitative estimate of drug-likeness (QED) is 0.541. The van der Waals surface area contributed by atoms with Gasteiger partial charge < -0.3 is 4.74 Å². The largest absolute Gasteiger partial charge is 0.504 e. The molecule has 0 saturated heterocycles. The van der Waals surface area contributed by atoms with Crippen LogP contribution in [0.3, 0.4) is 0 Å². The molecule has 0 saturated carbocycles. The van der Waals surface area contributed by atoms with Crippen LogP contribution >= 0.6 is 0 Å². The highest BCUT2D eigenvalue weighted by Gasteiger charge is 2.22. The molecule has 76 valence electrons. The zero-order valence-electron chi connectivity index (χ0n) is 8.57. The normalized spacial score (nSPS) is 18.1. The van der Waals surface area contributed by atoms with Crippen LogP contribution in [-0.2, 0) is 9.53 Å². The summed E-state index contributed by atoms with van der Waals surface area (Å²) in [7, 11) is 1.56. The second-order valence-electron chi connectivity index (χ2n) is 3.40. The zero-order chi connectivity index (χ0) is 10.7. The number of allylic oxidation sites excluding steroid dienone is 3. The monoisotopic (exact) mass is 200 g/mol. The number of benzene rings is 1. The number of carbonyl (C=O) groups is 1. The van der Waals surface area contributed by atoms with Gasteiger partial charge in [0.2, 0.25) is 0 Å². The van der Waals surface area contributed by atoms with Gasteiger partial charge in [-0.05, 0) is 12.0 Å². The first kappa shape index (κ1) is 9.71. The molecule has 0 amide bonds. The SMILES string of the molecule is CO/C=C1/CC=C(c2ccccc2)C1=O. The van der Waals surface area contributed by atoms with Gasteiger partial charge in [-0.1, -0.05) is 36.4 Å². The maximum atomic E-state index is 11.9. The topological polar surface area (TPSA) is 26.3 Å². The third-order valence-electron chi connectivity index (χ3n) is 2.41. The van der Waals surface area contributed by atoms with E-state index in [4.69, 9.17) is 4.74 Å². The van der Waals surface area contributed by atoms with Crippen molar-refractivity contribution in [1.29, 1.82) is 0 Å². The summed E-state index contributed by atoms with van der Waals surface area (Å²) < 4.78 is 4.86. The van der Waals surface area contributed by atoms with Crippen molar-refractivity contribution in [3.05, 3.63) is 53.8 Å². The van der Waals surface area contributed by atoms with Crippen LogP contribution in [0.5, 0.6) is 0 Å². The molecule has 1 aliphatic carbocycles. The molecule has 0 spiro atoms. The molecule has 0 aromatic heterocycles. The molecule has 0 heterocycles. The van der Waals surface area contributed by atoms with E-state index < -0.39 is 0 Å². The summed E-state index contributed by atoms with van der Waals surface area (Å²) in [4.78, 5) is 11.9. The fraction of sp³-hybridized carbons (Fsp3) is 0.154. The summed E-state index contributed by atoms with van der Waals surface area (Å²) in [6.07, 6.45) is 4.13. The van der Waals surface area contributed by atoms with E-state index in [-0.39, 0.29) is 5.78 Å². The molecule has 15 heavy (non-hydrogen) atoms. The molecule has 2 heteroatoms. The minimum atomic E-state index is 0.0723. The van der Waals surface area contributed by atoms with E-state index in [0.29, 0.717) is 6.42 Å². The van der Waals surface area contributed by atoms with E-state index in [1.165, 1.54) is 6.26 Å². The Kier molecular flexibility index (Phi) is 2.68. The predicted octanol–water partition coefficient (Wildman–Crippen LogP) is 2.57. The smallest absolute Gasteiger partial charge is 0.192 e. The van der Waals surface area contributed by atoms with Gasteiger partial charge in [-0.25, -0.2) is 0 Å². The molecule has 0 unspecified atom stereocenters. The summed E-state index contributed by atoms with van der Waals surface area (Å²) >= 11 is 0. The molecule has 0 aliphatic heterocycles. The Bertz CT molecular complexity index is 427. The molecule has 0 atom stereocenters. The predicted molar refractivity (Wildman–Crippen MR) is 59.1 cm³/mol. The second-order valence-corrected chi connectivity index (χ2v) is 3.40. The maximum absolute atomic E-state index is 11.9. The van der Waals surface area contributed by atoms with Crippen LogP contribution in [0.2, 0.25) is 0 Å². The fourth-order valence-corrected chi connectivity index (χ4v) is 1.68. The molecule has 1 aliphatic rings. The average molecular weight is 200 g/mol. The summed E-state index contributed by atoms with van der Waals surface area (Å²) in [5.74, 6) is 0.0723. The fourth-order valence-electron chi connectivity index (χ4n) is 1.68. The Morgan fingerprint density at radius 2 is 2.00 bits per heavy atom. The summed E-state index contributed by atoms with van der Waals surface area (Å²) in [6, 6.07) is 9.69. The Balaban J connectivity index is 2.28. The number of ketones is 1. The van der Waals surface area contributed by atoms with Gasteiger partial charge in [-0.2, -0.15) is 0 Å². The van der Waals surface area contributed by atoms with Gasteiger partial charge in [0.25, 0.3) is 0 Å². The molecule has 1 aromatic rings. The highest BCUT2D eigenvalue weighted by Crippen LogP contribution is 2.28. The molecule has 0 radical (unpaired) electrons.